The summed E-state index contributed by atoms with van der Waals surface area (Å²) in [6.45, 7) is 9.12. The maximum atomic E-state index is 14.8. The standard InChI is InChI=1S/C25H25ClF2N6O/c1-4-5-17(19(26)13-29)22-23(18-7-6-16(27)12-20(18)28)31-21(14-30)24(32-22)33-8-10-34(11-9-33)25(35)15(2)3/h4-7,12-13,15H,1,8-11,29H2,2-3H3/b17-5+,19-13+. The van der Waals surface area contributed by atoms with Crippen LogP contribution in [0.5, 0.6) is 0 Å². The normalized spacial score (nSPS) is 14.8. The summed E-state index contributed by atoms with van der Waals surface area (Å²) in [6.07, 6.45) is 4.15. The van der Waals surface area contributed by atoms with Crippen molar-refractivity contribution in [3.8, 4) is 17.3 Å². The van der Waals surface area contributed by atoms with E-state index in [1.807, 2.05) is 24.8 Å². The molecule has 1 saturated heterocycles. The molecule has 2 N–H and O–H groups in total. The minimum Gasteiger partial charge on any atom is -0.403 e. The largest absolute Gasteiger partial charge is 0.403 e. The third-order valence-corrected chi connectivity index (χ3v) is 5.83. The zero-order chi connectivity index (χ0) is 25.7. The average Bonchev–Trinajstić information content (AvgIpc) is 2.86. The highest BCUT2D eigenvalue weighted by atomic mass is 35.5. The quantitative estimate of drug-likeness (QED) is 0.599. The van der Waals surface area contributed by atoms with Gasteiger partial charge in [0, 0.05) is 55.5 Å². The van der Waals surface area contributed by atoms with E-state index in [1.54, 1.807) is 4.90 Å². The number of piperazine rings is 1. The highest BCUT2D eigenvalue weighted by Crippen LogP contribution is 2.35. The summed E-state index contributed by atoms with van der Waals surface area (Å²) in [5.41, 5.74) is 6.00. The van der Waals surface area contributed by atoms with Gasteiger partial charge in [-0.3, -0.25) is 4.79 Å². The molecule has 0 radical (unpaired) electrons. The van der Waals surface area contributed by atoms with Crippen LogP contribution in [0.2, 0.25) is 0 Å². The number of hydrogen-bond donors (Lipinski definition) is 1. The van der Waals surface area contributed by atoms with Gasteiger partial charge >= 0.3 is 0 Å². The van der Waals surface area contributed by atoms with Crippen molar-refractivity contribution in [1.29, 1.82) is 5.26 Å². The Balaban J connectivity index is 2.17. The molecule has 1 aliphatic heterocycles. The van der Waals surface area contributed by atoms with Crippen molar-refractivity contribution in [3.63, 3.8) is 0 Å². The zero-order valence-electron chi connectivity index (χ0n) is 19.4. The number of rotatable bonds is 6. The van der Waals surface area contributed by atoms with E-state index >= 15 is 0 Å². The smallest absolute Gasteiger partial charge is 0.225 e. The van der Waals surface area contributed by atoms with Crippen molar-refractivity contribution in [2.45, 2.75) is 13.8 Å². The summed E-state index contributed by atoms with van der Waals surface area (Å²) in [5.74, 6) is -1.43. The number of allylic oxidation sites excluding steroid dienone is 4. The highest BCUT2D eigenvalue weighted by Gasteiger charge is 2.28. The maximum absolute atomic E-state index is 14.8. The van der Waals surface area contributed by atoms with Crippen molar-refractivity contribution in [1.82, 2.24) is 14.9 Å². The molecule has 3 rings (SSSR count). The van der Waals surface area contributed by atoms with Gasteiger partial charge in [0.1, 0.15) is 29.1 Å². The van der Waals surface area contributed by atoms with Crippen molar-refractivity contribution in [2.75, 3.05) is 31.1 Å². The van der Waals surface area contributed by atoms with Crippen LogP contribution in [-0.4, -0.2) is 47.0 Å². The molecule has 0 unspecified atom stereocenters. The maximum Gasteiger partial charge on any atom is 0.225 e. The first-order valence-corrected chi connectivity index (χ1v) is 11.3. The van der Waals surface area contributed by atoms with Gasteiger partial charge in [0.2, 0.25) is 5.91 Å². The second-order valence-corrected chi connectivity index (χ2v) is 8.53. The molecule has 0 spiro atoms. The first-order chi connectivity index (χ1) is 16.7. The van der Waals surface area contributed by atoms with E-state index in [0.717, 1.165) is 18.3 Å². The lowest BCUT2D eigenvalue weighted by Gasteiger charge is -2.36. The van der Waals surface area contributed by atoms with Gasteiger partial charge in [-0.15, -0.1) is 0 Å². The van der Waals surface area contributed by atoms with Crippen molar-refractivity contribution < 1.29 is 13.6 Å². The van der Waals surface area contributed by atoms with Crippen LogP contribution in [-0.2, 0) is 4.79 Å². The first kappa shape index (κ1) is 25.8. The number of aromatic nitrogens is 2. The van der Waals surface area contributed by atoms with Crippen LogP contribution in [0.15, 0.2) is 48.2 Å². The fourth-order valence-corrected chi connectivity index (χ4v) is 3.91. The van der Waals surface area contributed by atoms with Crippen LogP contribution in [0.3, 0.4) is 0 Å². The molecule has 1 aliphatic rings. The molecule has 1 fully saturated rings. The molecular formula is C25H25ClF2N6O. The summed E-state index contributed by atoms with van der Waals surface area (Å²) < 4.78 is 28.4. The Morgan fingerprint density at radius 2 is 1.94 bits per heavy atom. The average molecular weight is 499 g/mol. The van der Waals surface area contributed by atoms with E-state index in [-0.39, 0.29) is 45.3 Å². The van der Waals surface area contributed by atoms with E-state index < -0.39 is 11.6 Å². The van der Waals surface area contributed by atoms with Crippen LogP contribution < -0.4 is 10.6 Å². The molecule has 0 bridgehead atoms. The fraction of sp³-hybridized carbons (Fsp3) is 0.280. The number of carbonyl (C=O) groups is 1. The Hall–Kier alpha value is -3.77. The van der Waals surface area contributed by atoms with Gasteiger partial charge < -0.3 is 15.5 Å². The Kier molecular flexibility index (Phi) is 8.20. The molecule has 35 heavy (non-hydrogen) atoms. The Morgan fingerprint density at radius 1 is 1.26 bits per heavy atom. The third kappa shape index (κ3) is 5.49. The third-order valence-electron chi connectivity index (χ3n) is 5.50. The summed E-state index contributed by atoms with van der Waals surface area (Å²) in [6, 6.07) is 5.06. The number of benzene rings is 1. The van der Waals surface area contributed by atoms with Gasteiger partial charge in [-0.1, -0.05) is 44.2 Å². The topological polar surface area (TPSA) is 99.1 Å². The summed E-state index contributed by atoms with van der Waals surface area (Å²) in [4.78, 5) is 25.1. The number of nitriles is 1. The second kappa shape index (κ2) is 11.1. The molecule has 0 saturated carbocycles. The molecule has 2 heterocycles. The molecular weight excluding hydrogens is 474 g/mol. The molecule has 1 aromatic heterocycles. The highest BCUT2D eigenvalue weighted by molar-refractivity contribution is 6.37. The monoisotopic (exact) mass is 498 g/mol. The predicted molar refractivity (Wildman–Crippen MR) is 132 cm³/mol. The number of hydrogen-bond acceptors (Lipinski definition) is 6. The van der Waals surface area contributed by atoms with Crippen LogP contribution in [0, 0.1) is 28.9 Å². The van der Waals surface area contributed by atoms with Crippen LogP contribution in [0.4, 0.5) is 14.6 Å². The fourth-order valence-electron chi connectivity index (χ4n) is 3.76. The molecule has 10 heteroatoms. The molecule has 7 nitrogen and oxygen atoms in total. The number of nitrogens with two attached hydrogens (primary N) is 1. The second-order valence-electron chi connectivity index (χ2n) is 8.13. The molecule has 0 atom stereocenters. The van der Waals surface area contributed by atoms with E-state index in [9.17, 15) is 18.8 Å². The number of halogens is 3. The van der Waals surface area contributed by atoms with Crippen molar-refractivity contribution in [3.05, 3.63) is 71.2 Å². The molecule has 2 aromatic rings. The minimum atomic E-state index is -0.871. The molecule has 1 aromatic carbocycles. The Morgan fingerprint density at radius 3 is 2.49 bits per heavy atom. The van der Waals surface area contributed by atoms with E-state index in [2.05, 4.69) is 16.5 Å². The summed E-state index contributed by atoms with van der Waals surface area (Å²) >= 11 is 6.34. The van der Waals surface area contributed by atoms with E-state index in [1.165, 1.54) is 18.2 Å². The number of nitrogens with zero attached hydrogens (tertiary/aromatic N) is 5. The number of carbonyl (C=O) groups excluding carboxylic acids is 1. The van der Waals surface area contributed by atoms with Crippen LogP contribution >= 0.6 is 11.6 Å². The summed E-state index contributed by atoms with van der Waals surface area (Å²) in [7, 11) is 0. The lowest BCUT2D eigenvalue weighted by atomic mass is 10.0. The van der Waals surface area contributed by atoms with Gasteiger partial charge in [0.25, 0.3) is 0 Å². The molecule has 0 aliphatic carbocycles. The predicted octanol–water partition coefficient (Wildman–Crippen LogP) is 4.21. The van der Waals surface area contributed by atoms with Crippen LogP contribution in [0.1, 0.15) is 25.2 Å². The van der Waals surface area contributed by atoms with E-state index in [0.29, 0.717) is 31.8 Å². The Bertz CT molecular complexity index is 1240. The zero-order valence-corrected chi connectivity index (χ0v) is 20.2. The number of anilines is 1. The first-order valence-electron chi connectivity index (χ1n) is 10.9. The van der Waals surface area contributed by atoms with Gasteiger partial charge in [-0.2, -0.15) is 5.26 Å². The number of amides is 1. The van der Waals surface area contributed by atoms with Gasteiger partial charge in [0.15, 0.2) is 11.5 Å². The lowest BCUT2D eigenvalue weighted by molar-refractivity contribution is -0.134. The Labute approximate surface area is 207 Å². The lowest BCUT2D eigenvalue weighted by Crippen LogP contribution is -2.50. The summed E-state index contributed by atoms with van der Waals surface area (Å²) in [5, 5.41) is 9.95. The van der Waals surface area contributed by atoms with Crippen molar-refractivity contribution >= 4 is 28.9 Å². The van der Waals surface area contributed by atoms with Crippen LogP contribution in [0.25, 0.3) is 16.8 Å². The van der Waals surface area contributed by atoms with Gasteiger partial charge in [-0.25, -0.2) is 18.7 Å². The minimum absolute atomic E-state index is 0.00419. The molecule has 182 valence electrons. The molecule has 1 amide bonds. The van der Waals surface area contributed by atoms with Crippen molar-refractivity contribution in [2.24, 2.45) is 11.7 Å². The SMILES string of the molecule is C=C/C=C(\C(Cl)=C/N)c1nc(N2CCN(C(=O)C(C)C)CC2)c(C#N)nc1-c1ccc(F)cc1F. The van der Waals surface area contributed by atoms with Gasteiger partial charge in [0.05, 0.1) is 5.03 Å². The van der Waals surface area contributed by atoms with E-state index in [4.69, 9.17) is 17.3 Å². The van der Waals surface area contributed by atoms with Gasteiger partial charge in [-0.05, 0) is 12.1 Å².